The fraction of sp³-hybridized carbons (Fsp3) is 0.375. The molecular weight excluding hydrogens is 350 g/mol. The lowest BCUT2D eigenvalue weighted by atomic mass is 10.2. The van der Waals surface area contributed by atoms with Crippen LogP contribution in [-0.2, 0) is 20.7 Å². The number of aryl methyl sites for hydroxylation is 1. The SMILES string of the molecule is COCCN(CC(=O)O)C(=O)CCc1nc(-c2ccc(Cl)cc2)no1. The first-order chi connectivity index (χ1) is 12.0. The van der Waals surface area contributed by atoms with E-state index in [0.717, 1.165) is 5.56 Å². The summed E-state index contributed by atoms with van der Waals surface area (Å²) in [5.74, 6) is -0.681. The zero-order valence-electron chi connectivity index (χ0n) is 13.6. The van der Waals surface area contributed by atoms with E-state index < -0.39 is 5.97 Å². The van der Waals surface area contributed by atoms with E-state index >= 15 is 0 Å². The molecule has 134 valence electrons. The lowest BCUT2D eigenvalue weighted by Crippen LogP contribution is -2.38. The minimum absolute atomic E-state index is 0.0687. The molecule has 0 bridgehead atoms. The quantitative estimate of drug-likeness (QED) is 0.721. The highest BCUT2D eigenvalue weighted by Crippen LogP contribution is 2.19. The third-order valence-corrected chi connectivity index (χ3v) is 3.62. The molecule has 1 aromatic carbocycles. The smallest absolute Gasteiger partial charge is 0.323 e. The highest BCUT2D eigenvalue weighted by Gasteiger charge is 2.18. The fourth-order valence-electron chi connectivity index (χ4n) is 2.10. The van der Waals surface area contributed by atoms with Crippen LogP contribution >= 0.6 is 11.6 Å². The van der Waals surface area contributed by atoms with E-state index in [1.54, 1.807) is 24.3 Å². The molecule has 1 amide bonds. The number of benzene rings is 1. The van der Waals surface area contributed by atoms with Crippen molar-refractivity contribution in [2.45, 2.75) is 12.8 Å². The molecule has 9 heteroatoms. The van der Waals surface area contributed by atoms with Gasteiger partial charge in [-0.3, -0.25) is 9.59 Å². The van der Waals surface area contributed by atoms with Crippen molar-refractivity contribution in [2.75, 3.05) is 26.8 Å². The van der Waals surface area contributed by atoms with E-state index in [0.29, 0.717) is 16.7 Å². The van der Waals surface area contributed by atoms with E-state index in [1.807, 2.05) is 0 Å². The first-order valence-corrected chi connectivity index (χ1v) is 7.94. The van der Waals surface area contributed by atoms with Crippen molar-refractivity contribution in [3.05, 3.63) is 35.2 Å². The molecule has 8 nitrogen and oxygen atoms in total. The van der Waals surface area contributed by atoms with Gasteiger partial charge in [-0.05, 0) is 24.3 Å². The van der Waals surface area contributed by atoms with Crippen LogP contribution in [0.15, 0.2) is 28.8 Å². The van der Waals surface area contributed by atoms with Gasteiger partial charge in [0.2, 0.25) is 17.6 Å². The van der Waals surface area contributed by atoms with Gasteiger partial charge in [-0.1, -0.05) is 16.8 Å². The van der Waals surface area contributed by atoms with Crippen LogP contribution in [0.2, 0.25) is 5.02 Å². The maximum absolute atomic E-state index is 12.2. The van der Waals surface area contributed by atoms with Crippen LogP contribution < -0.4 is 0 Å². The second-order valence-electron chi connectivity index (χ2n) is 5.22. The summed E-state index contributed by atoms with van der Waals surface area (Å²) in [4.78, 5) is 28.5. The predicted molar refractivity (Wildman–Crippen MR) is 89.2 cm³/mol. The standard InChI is InChI=1S/C16H18ClN3O5/c1-24-9-8-20(10-15(22)23)14(21)7-6-13-18-16(19-25-13)11-2-4-12(17)5-3-11/h2-5H,6-10H2,1H3,(H,22,23). The Bertz CT molecular complexity index is 717. The Kier molecular flexibility index (Phi) is 6.91. The predicted octanol–water partition coefficient (Wildman–Crippen LogP) is 1.88. The summed E-state index contributed by atoms with van der Waals surface area (Å²) in [7, 11) is 1.49. The number of amides is 1. The molecule has 0 saturated carbocycles. The van der Waals surface area contributed by atoms with Crippen LogP contribution in [-0.4, -0.2) is 58.8 Å². The number of carbonyl (C=O) groups is 2. The molecule has 1 heterocycles. The lowest BCUT2D eigenvalue weighted by Gasteiger charge is -2.19. The number of nitrogens with zero attached hydrogens (tertiary/aromatic N) is 3. The molecule has 0 fully saturated rings. The van der Waals surface area contributed by atoms with Gasteiger partial charge in [-0.25, -0.2) is 0 Å². The van der Waals surface area contributed by atoms with Gasteiger partial charge in [-0.15, -0.1) is 0 Å². The second-order valence-corrected chi connectivity index (χ2v) is 5.66. The fourth-order valence-corrected chi connectivity index (χ4v) is 2.23. The third kappa shape index (κ3) is 5.84. The summed E-state index contributed by atoms with van der Waals surface area (Å²) in [5, 5.41) is 13.4. The molecule has 0 saturated heterocycles. The monoisotopic (exact) mass is 367 g/mol. The van der Waals surface area contributed by atoms with Crippen LogP contribution in [0.3, 0.4) is 0 Å². The average Bonchev–Trinajstić information content (AvgIpc) is 3.05. The Morgan fingerprint density at radius 3 is 2.68 bits per heavy atom. The minimum atomic E-state index is -1.08. The molecule has 1 aromatic heterocycles. The molecule has 0 aliphatic rings. The van der Waals surface area contributed by atoms with Crippen LogP contribution in [0.4, 0.5) is 0 Å². The van der Waals surface area contributed by atoms with Crippen molar-refractivity contribution in [1.82, 2.24) is 15.0 Å². The number of aromatic nitrogens is 2. The third-order valence-electron chi connectivity index (χ3n) is 3.37. The number of ether oxygens (including phenoxy) is 1. The maximum Gasteiger partial charge on any atom is 0.323 e. The van der Waals surface area contributed by atoms with E-state index in [2.05, 4.69) is 10.1 Å². The van der Waals surface area contributed by atoms with Crippen molar-refractivity contribution in [3.63, 3.8) is 0 Å². The highest BCUT2D eigenvalue weighted by atomic mass is 35.5. The Morgan fingerprint density at radius 2 is 2.04 bits per heavy atom. The van der Waals surface area contributed by atoms with Gasteiger partial charge in [0.15, 0.2) is 0 Å². The van der Waals surface area contributed by atoms with Crippen molar-refractivity contribution < 1.29 is 24.0 Å². The number of methoxy groups -OCH3 is 1. The minimum Gasteiger partial charge on any atom is -0.480 e. The van der Waals surface area contributed by atoms with Gasteiger partial charge >= 0.3 is 5.97 Å². The van der Waals surface area contributed by atoms with E-state index in [1.165, 1.54) is 12.0 Å². The number of hydrogen-bond donors (Lipinski definition) is 1. The number of hydrogen-bond acceptors (Lipinski definition) is 6. The van der Waals surface area contributed by atoms with Crippen LogP contribution in [0.1, 0.15) is 12.3 Å². The second kappa shape index (κ2) is 9.14. The summed E-state index contributed by atoms with van der Waals surface area (Å²) in [6.07, 6.45) is 0.293. The molecule has 0 unspecified atom stereocenters. The van der Waals surface area contributed by atoms with Crippen molar-refractivity contribution in [2.24, 2.45) is 0 Å². The Labute approximate surface area is 149 Å². The average molecular weight is 368 g/mol. The number of rotatable bonds is 9. The summed E-state index contributed by atoms with van der Waals surface area (Å²) >= 11 is 5.83. The van der Waals surface area contributed by atoms with E-state index in [-0.39, 0.29) is 38.4 Å². The summed E-state index contributed by atoms with van der Waals surface area (Å²) in [5.41, 5.74) is 0.748. The molecule has 0 radical (unpaired) electrons. The Morgan fingerprint density at radius 1 is 1.32 bits per heavy atom. The Hall–Kier alpha value is -2.45. The zero-order chi connectivity index (χ0) is 18.2. The van der Waals surface area contributed by atoms with Gasteiger partial charge in [0.1, 0.15) is 6.54 Å². The number of aliphatic carboxylic acids is 1. The molecule has 1 N–H and O–H groups in total. The first-order valence-electron chi connectivity index (χ1n) is 7.56. The van der Waals surface area contributed by atoms with Gasteiger partial charge in [0, 0.05) is 37.1 Å². The summed E-state index contributed by atoms with van der Waals surface area (Å²) < 4.78 is 10.0. The van der Waals surface area contributed by atoms with E-state index in [9.17, 15) is 9.59 Å². The van der Waals surface area contributed by atoms with Gasteiger partial charge in [0.25, 0.3) is 0 Å². The van der Waals surface area contributed by atoms with Crippen molar-refractivity contribution in [1.29, 1.82) is 0 Å². The lowest BCUT2D eigenvalue weighted by molar-refractivity contribution is -0.144. The number of carboxylic acids is 1. The molecular formula is C16H18ClN3O5. The van der Waals surface area contributed by atoms with E-state index in [4.69, 9.17) is 26.0 Å². The summed E-state index contributed by atoms with van der Waals surface area (Å²) in [6, 6.07) is 6.97. The molecule has 0 spiro atoms. The largest absolute Gasteiger partial charge is 0.480 e. The normalized spacial score (nSPS) is 10.6. The van der Waals surface area contributed by atoms with Crippen molar-refractivity contribution >= 4 is 23.5 Å². The topological polar surface area (TPSA) is 106 Å². The molecule has 25 heavy (non-hydrogen) atoms. The molecule has 0 aliphatic heterocycles. The summed E-state index contributed by atoms with van der Waals surface area (Å²) in [6.45, 7) is 0.101. The number of carbonyl (C=O) groups excluding carboxylic acids is 1. The maximum atomic E-state index is 12.2. The number of carboxylic acid groups (broad SMARTS) is 1. The molecule has 2 aromatic rings. The van der Waals surface area contributed by atoms with Crippen LogP contribution in [0.25, 0.3) is 11.4 Å². The van der Waals surface area contributed by atoms with Crippen molar-refractivity contribution in [3.8, 4) is 11.4 Å². The first kappa shape index (κ1) is 18.9. The Balaban J connectivity index is 1.94. The van der Waals surface area contributed by atoms with Crippen LogP contribution in [0, 0.1) is 0 Å². The van der Waals surface area contributed by atoms with Crippen LogP contribution in [0.5, 0.6) is 0 Å². The van der Waals surface area contributed by atoms with Gasteiger partial charge in [-0.2, -0.15) is 4.98 Å². The molecule has 2 rings (SSSR count). The molecule has 0 aliphatic carbocycles. The molecule has 0 atom stereocenters. The van der Waals surface area contributed by atoms with Gasteiger partial charge in [0.05, 0.1) is 6.61 Å². The zero-order valence-corrected chi connectivity index (χ0v) is 14.4. The van der Waals surface area contributed by atoms with Gasteiger partial charge < -0.3 is 19.3 Å². The number of halogens is 1. The highest BCUT2D eigenvalue weighted by molar-refractivity contribution is 6.30.